The highest BCUT2D eigenvalue weighted by Crippen LogP contribution is 2.18. The summed E-state index contributed by atoms with van der Waals surface area (Å²) in [7, 11) is 0. The van der Waals surface area contributed by atoms with Crippen LogP contribution in [0.25, 0.3) is 0 Å². The number of ketones is 1. The first-order valence-corrected chi connectivity index (χ1v) is 5.66. The molecule has 1 aromatic rings. The van der Waals surface area contributed by atoms with Crippen molar-refractivity contribution in [2.24, 2.45) is 0 Å². The summed E-state index contributed by atoms with van der Waals surface area (Å²) in [6, 6.07) is 4.20. The lowest BCUT2D eigenvalue weighted by molar-refractivity contribution is 0.0988. The number of carbonyl (C=O) groups is 1. The minimum absolute atomic E-state index is 0.148. The molecule has 0 atom stereocenters. The molecule has 0 spiro atoms. The summed E-state index contributed by atoms with van der Waals surface area (Å²) in [5.74, 6) is -0.537. The monoisotopic (exact) mass is 240 g/mol. The van der Waals surface area contributed by atoms with Crippen LogP contribution in [-0.4, -0.2) is 25.6 Å². The van der Waals surface area contributed by atoms with Crippen molar-refractivity contribution < 1.29 is 18.7 Å². The number of hydrogen-bond acceptors (Lipinski definition) is 3. The van der Waals surface area contributed by atoms with Gasteiger partial charge in [-0.15, -0.1) is 0 Å². The van der Waals surface area contributed by atoms with E-state index in [9.17, 15) is 9.18 Å². The molecular formula is C13H17FO3. The van der Waals surface area contributed by atoms with Crippen molar-refractivity contribution in [3.63, 3.8) is 0 Å². The molecule has 0 bridgehead atoms. The van der Waals surface area contributed by atoms with Crippen molar-refractivity contribution in [3.8, 4) is 5.75 Å². The number of benzene rings is 1. The quantitative estimate of drug-likeness (QED) is 0.543. The summed E-state index contributed by atoms with van der Waals surface area (Å²) in [6.45, 7) is 4.82. The summed E-state index contributed by atoms with van der Waals surface area (Å²) >= 11 is 0. The van der Waals surface area contributed by atoms with E-state index in [1.54, 1.807) is 6.07 Å². The van der Waals surface area contributed by atoms with E-state index in [1.165, 1.54) is 19.1 Å². The third-order valence-electron chi connectivity index (χ3n) is 2.17. The molecule has 0 saturated heterocycles. The van der Waals surface area contributed by atoms with Gasteiger partial charge in [-0.2, -0.15) is 0 Å². The van der Waals surface area contributed by atoms with Crippen LogP contribution >= 0.6 is 0 Å². The van der Waals surface area contributed by atoms with Gasteiger partial charge in [0.2, 0.25) is 0 Å². The largest absolute Gasteiger partial charge is 0.488 e. The fourth-order valence-electron chi connectivity index (χ4n) is 1.29. The molecule has 0 amide bonds. The van der Waals surface area contributed by atoms with E-state index in [0.29, 0.717) is 25.4 Å². The SMILES string of the molecule is CCCOCCOc1ccc(C(C)=O)cc1F. The van der Waals surface area contributed by atoms with Crippen molar-refractivity contribution in [3.05, 3.63) is 29.6 Å². The molecular weight excluding hydrogens is 223 g/mol. The molecule has 0 aliphatic carbocycles. The molecule has 94 valence electrons. The maximum absolute atomic E-state index is 13.5. The Morgan fingerprint density at radius 2 is 2.06 bits per heavy atom. The average molecular weight is 240 g/mol. The van der Waals surface area contributed by atoms with Gasteiger partial charge in [0.05, 0.1) is 6.61 Å². The Bertz CT molecular complexity index is 377. The summed E-state index contributed by atoms with van der Waals surface area (Å²) in [5, 5.41) is 0. The molecule has 0 fully saturated rings. The van der Waals surface area contributed by atoms with E-state index in [2.05, 4.69) is 0 Å². The molecule has 17 heavy (non-hydrogen) atoms. The van der Waals surface area contributed by atoms with E-state index < -0.39 is 5.82 Å². The second kappa shape index (κ2) is 7.01. The van der Waals surface area contributed by atoms with Crippen LogP contribution in [0.3, 0.4) is 0 Å². The zero-order valence-electron chi connectivity index (χ0n) is 10.2. The van der Waals surface area contributed by atoms with Gasteiger partial charge in [-0.1, -0.05) is 6.92 Å². The van der Waals surface area contributed by atoms with Gasteiger partial charge < -0.3 is 9.47 Å². The van der Waals surface area contributed by atoms with E-state index in [0.717, 1.165) is 6.42 Å². The van der Waals surface area contributed by atoms with Gasteiger partial charge >= 0.3 is 0 Å². The van der Waals surface area contributed by atoms with Crippen molar-refractivity contribution >= 4 is 5.78 Å². The van der Waals surface area contributed by atoms with E-state index in [-0.39, 0.29) is 11.5 Å². The number of hydrogen-bond donors (Lipinski definition) is 0. The van der Waals surface area contributed by atoms with E-state index >= 15 is 0 Å². The Labute approximate surface area is 101 Å². The predicted octanol–water partition coefficient (Wildman–Crippen LogP) is 2.83. The zero-order valence-corrected chi connectivity index (χ0v) is 10.2. The fraction of sp³-hybridized carbons (Fsp3) is 0.462. The molecule has 3 nitrogen and oxygen atoms in total. The predicted molar refractivity (Wildman–Crippen MR) is 63.0 cm³/mol. The van der Waals surface area contributed by atoms with Gasteiger partial charge in [0.1, 0.15) is 6.61 Å². The molecule has 0 aliphatic rings. The molecule has 0 aromatic heterocycles. The topological polar surface area (TPSA) is 35.5 Å². The van der Waals surface area contributed by atoms with Gasteiger partial charge in [0.25, 0.3) is 0 Å². The standard InChI is InChI=1S/C13H17FO3/c1-3-6-16-7-8-17-13-5-4-11(10(2)15)9-12(13)14/h4-5,9H,3,6-8H2,1-2H3. The summed E-state index contributed by atoms with van der Waals surface area (Å²) in [6.07, 6.45) is 0.946. The van der Waals surface area contributed by atoms with Gasteiger partial charge in [0, 0.05) is 12.2 Å². The molecule has 0 radical (unpaired) electrons. The van der Waals surface area contributed by atoms with Crippen LogP contribution in [0, 0.1) is 5.82 Å². The molecule has 1 rings (SSSR count). The van der Waals surface area contributed by atoms with Gasteiger partial charge in [-0.05, 0) is 31.5 Å². The molecule has 0 saturated carbocycles. The Morgan fingerprint density at radius 1 is 1.29 bits per heavy atom. The lowest BCUT2D eigenvalue weighted by Crippen LogP contribution is -2.08. The van der Waals surface area contributed by atoms with Crippen molar-refractivity contribution in [1.29, 1.82) is 0 Å². The fourth-order valence-corrected chi connectivity index (χ4v) is 1.29. The highest BCUT2D eigenvalue weighted by Gasteiger charge is 2.07. The van der Waals surface area contributed by atoms with Crippen LogP contribution in [0.1, 0.15) is 30.6 Å². The average Bonchev–Trinajstić information content (AvgIpc) is 2.30. The Morgan fingerprint density at radius 3 is 2.65 bits per heavy atom. The number of Topliss-reactive ketones (excluding diaryl/α,β-unsaturated/α-hetero) is 1. The normalized spacial score (nSPS) is 10.3. The molecule has 4 heteroatoms. The third-order valence-corrected chi connectivity index (χ3v) is 2.17. The lowest BCUT2D eigenvalue weighted by atomic mass is 10.1. The number of rotatable bonds is 7. The highest BCUT2D eigenvalue weighted by molar-refractivity contribution is 5.94. The van der Waals surface area contributed by atoms with Crippen LogP contribution in [0.2, 0.25) is 0 Å². The minimum atomic E-state index is -0.520. The van der Waals surface area contributed by atoms with Gasteiger partial charge in [-0.25, -0.2) is 4.39 Å². The molecule has 0 aliphatic heterocycles. The van der Waals surface area contributed by atoms with Crippen LogP contribution < -0.4 is 4.74 Å². The summed E-state index contributed by atoms with van der Waals surface area (Å²) in [5.41, 5.74) is 0.345. The van der Waals surface area contributed by atoms with Crippen LogP contribution in [0.15, 0.2) is 18.2 Å². The molecule has 1 aromatic carbocycles. The maximum Gasteiger partial charge on any atom is 0.165 e. The van der Waals surface area contributed by atoms with E-state index in [4.69, 9.17) is 9.47 Å². The second-order valence-corrected chi connectivity index (χ2v) is 3.66. The summed E-state index contributed by atoms with van der Waals surface area (Å²) in [4.78, 5) is 11.0. The lowest BCUT2D eigenvalue weighted by Gasteiger charge is -2.08. The van der Waals surface area contributed by atoms with Crippen LogP contribution in [0.4, 0.5) is 4.39 Å². The number of ether oxygens (including phenoxy) is 2. The molecule has 0 N–H and O–H groups in total. The molecule has 0 heterocycles. The van der Waals surface area contributed by atoms with Crippen LogP contribution in [0.5, 0.6) is 5.75 Å². The van der Waals surface area contributed by atoms with E-state index in [1.807, 2.05) is 6.92 Å². The third kappa shape index (κ3) is 4.53. The smallest absolute Gasteiger partial charge is 0.165 e. The maximum atomic E-state index is 13.5. The Hall–Kier alpha value is -1.42. The summed E-state index contributed by atoms with van der Waals surface area (Å²) < 4.78 is 23.9. The first kappa shape index (κ1) is 13.6. The second-order valence-electron chi connectivity index (χ2n) is 3.66. The van der Waals surface area contributed by atoms with Gasteiger partial charge in [-0.3, -0.25) is 4.79 Å². The van der Waals surface area contributed by atoms with Crippen molar-refractivity contribution in [2.45, 2.75) is 20.3 Å². The Balaban J connectivity index is 2.46. The number of halogens is 1. The van der Waals surface area contributed by atoms with Crippen molar-refractivity contribution in [2.75, 3.05) is 19.8 Å². The first-order chi connectivity index (χ1) is 8.15. The number of carbonyl (C=O) groups excluding carboxylic acids is 1. The van der Waals surface area contributed by atoms with Crippen LogP contribution in [-0.2, 0) is 4.74 Å². The van der Waals surface area contributed by atoms with Gasteiger partial charge in [0.15, 0.2) is 17.3 Å². The highest BCUT2D eigenvalue weighted by atomic mass is 19.1. The minimum Gasteiger partial charge on any atom is -0.488 e. The Kier molecular flexibility index (Phi) is 5.63. The van der Waals surface area contributed by atoms with Crippen molar-refractivity contribution in [1.82, 2.24) is 0 Å². The first-order valence-electron chi connectivity index (χ1n) is 5.66. The molecule has 0 unspecified atom stereocenters. The zero-order chi connectivity index (χ0) is 12.7.